The molecule has 3 heterocycles. The Bertz CT molecular complexity index is 500. The van der Waals surface area contributed by atoms with Crippen LogP contribution in [-0.4, -0.2) is 78.6 Å². The zero-order valence-corrected chi connectivity index (χ0v) is 14.5. The van der Waals surface area contributed by atoms with Crippen LogP contribution in [0.3, 0.4) is 0 Å². The van der Waals surface area contributed by atoms with Gasteiger partial charge in [-0.3, -0.25) is 4.79 Å². The van der Waals surface area contributed by atoms with Gasteiger partial charge >= 0.3 is 6.03 Å². The van der Waals surface area contributed by atoms with E-state index in [-0.39, 0.29) is 11.4 Å². The highest BCUT2D eigenvalue weighted by Gasteiger charge is 2.51. The van der Waals surface area contributed by atoms with Crippen molar-refractivity contribution in [2.45, 2.75) is 51.0 Å². The van der Waals surface area contributed by atoms with E-state index in [2.05, 4.69) is 4.90 Å². The van der Waals surface area contributed by atoms with Crippen LogP contribution >= 0.6 is 0 Å². The Morgan fingerprint density at radius 2 is 1.71 bits per heavy atom. The molecule has 4 rings (SSSR count). The monoisotopic (exact) mass is 335 g/mol. The molecule has 6 nitrogen and oxygen atoms in total. The largest absolute Gasteiger partial charge is 0.378 e. The molecule has 3 amide bonds. The van der Waals surface area contributed by atoms with Crippen molar-refractivity contribution in [2.24, 2.45) is 5.41 Å². The Hall–Kier alpha value is -1.30. The Labute approximate surface area is 144 Å². The molecular formula is C18H29N3O3. The average molecular weight is 335 g/mol. The number of hydrogen-bond acceptors (Lipinski definition) is 3. The fourth-order valence-corrected chi connectivity index (χ4v) is 5.03. The van der Waals surface area contributed by atoms with E-state index >= 15 is 0 Å². The maximum absolute atomic E-state index is 13.2. The zero-order chi connectivity index (χ0) is 16.6. The standard InChI is InChI=1S/C18H29N3O3/c22-16-18(6-3-8-21(16)15-4-1-2-5-15)7-9-20(14-18)17(23)19-10-12-24-13-11-19/h15H,1-14H2. The number of rotatable bonds is 1. The van der Waals surface area contributed by atoms with Crippen molar-refractivity contribution in [1.82, 2.24) is 14.7 Å². The number of likely N-dealkylation sites (tertiary alicyclic amines) is 2. The number of morpholine rings is 1. The molecule has 24 heavy (non-hydrogen) atoms. The zero-order valence-electron chi connectivity index (χ0n) is 14.5. The van der Waals surface area contributed by atoms with Gasteiger partial charge in [0.05, 0.1) is 18.6 Å². The number of piperidine rings is 1. The third kappa shape index (κ3) is 2.79. The first-order chi connectivity index (χ1) is 11.7. The summed E-state index contributed by atoms with van der Waals surface area (Å²) in [5, 5.41) is 0. The van der Waals surface area contributed by atoms with Gasteiger partial charge in [0, 0.05) is 38.8 Å². The summed E-state index contributed by atoms with van der Waals surface area (Å²) in [6.07, 6.45) is 7.71. The minimum atomic E-state index is -0.303. The summed E-state index contributed by atoms with van der Waals surface area (Å²) in [7, 11) is 0. The molecule has 4 aliphatic rings. The molecule has 6 heteroatoms. The van der Waals surface area contributed by atoms with Crippen LogP contribution in [-0.2, 0) is 9.53 Å². The molecule has 1 saturated carbocycles. The first kappa shape index (κ1) is 16.2. The van der Waals surface area contributed by atoms with Crippen LogP contribution in [0.2, 0.25) is 0 Å². The smallest absolute Gasteiger partial charge is 0.320 e. The van der Waals surface area contributed by atoms with Gasteiger partial charge in [-0.05, 0) is 32.1 Å². The summed E-state index contributed by atoms with van der Waals surface area (Å²) in [4.78, 5) is 31.9. The molecular weight excluding hydrogens is 306 g/mol. The van der Waals surface area contributed by atoms with Crippen LogP contribution in [0.25, 0.3) is 0 Å². The van der Waals surface area contributed by atoms with E-state index in [1.807, 2.05) is 9.80 Å². The van der Waals surface area contributed by atoms with Crippen molar-refractivity contribution in [1.29, 1.82) is 0 Å². The molecule has 134 valence electrons. The van der Waals surface area contributed by atoms with Crippen molar-refractivity contribution in [3.8, 4) is 0 Å². The Morgan fingerprint density at radius 1 is 0.958 bits per heavy atom. The van der Waals surface area contributed by atoms with E-state index in [1.54, 1.807) is 0 Å². The second-order valence-electron chi connectivity index (χ2n) is 7.87. The van der Waals surface area contributed by atoms with Crippen LogP contribution < -0.4 is 0 Å². The number of carbonyl (C=O) groups excluding carboxylic acids is 2. The fraction of sp³-hybridized carbons (Fsp3) is 0.889. The minimum Gasteiger partial charge on any atom is -0.378 e. The van der Waals surface area contributed by atoms with Gasteiger partial charge in [-0.15, -0.1) is 0 Å². The van der Waals surface area contributed by atoms with Crippen molar-refractivity contribution in [2.75, 3.05) is 45.9 Å². The predicted molar refractivity (Wildman–Crippen MR) is 89.6 cm³/mol. The molecule has 1 spiro atoms. The lowest BCUT2D eigenvalue weighted by atomic mass is 9.77. The Morgan fingerprint density at radius 3 is 2.46 bits per heavy atom. The van der Waals surface area contributed by atoms with Crippen LogP contribution in [0.4, 0.5) is 4.79 Å². The van der Waals surface area contributed by atoms with Gasteiger partial charge in [0.15, 0.2) is 0 Å². The summed E-state index contributed by atoms with van der Waals surface area (Å²) in [6.45, 7) is 4.85. The number of ether oxygens (including phenoxy) is 1. The second-order valence-corrected chi connectivity index (χ2v) is 7.87. The molecule has 0 N–H and O–H groups in total. The van der Waals surface area contributed by atoms with Crippen LogP contribution in [0.1, 0.15) is 44.9 Å². The van der Waals surface area contributed by atoms with Crippen LogP contribution in [0, 0.1) is 5.41 Å². The van der Waals surface area contributed by atoms with Crippen molar-refractivity contribution < 1.29 is 14.3 Å². The molecule has 3 aliphatic heterocycles. The maximum atomic E-state index is 13.2. The Kier molecular flexibility index (Phi) is 4.41. The quantitative estimate of drug-likeness (QED) is 0.733. The van der Waals surface area contributed by atoms with Crippen molar-refractivity contribution >= 4 is 11.9 Å². The third-order valence-electron chi connectivity index (χ3n) is 6.44. The predicted octanol–water partition coefficient (Wildman–Crippen LogP) is 1.70. The van der Waals surface area contributed by atoms with Gasteiger partial charge < -0.3 is 19.4 Å². The highest BCUT2D eigenvalue weighted by Crippen LogP contribution is 2.42. The third-order valence-corrected chi connectivity index (χ3v) is 6.44. The first-order valence-electron chi connectivity index (χ1n) is 9.62. The lowest BCUT2D eigenvalue weighted by molar-refractivity contribution is -0.148. The molecule has 4 fully saturated rings. The van der Waals surface area contributed by atoms with E-state index in [0.29, 0.717) is 44.8 Å². The number of hydrogen-bond donors (Lipinski definition) is 0. The van der Waals surface area contributed by atoms with Crippen molar-refractivity contribution in [3.05, 3.63) is 0 Å². The van der Waals surface area contributed by atoms with E-state index in [0.717, 1.165) is 45.2 Å². The Balaban J connectivity index is 1.43. The van der Waals surface area contributed by atoms with Gasteiger partial charge in [-0.25, -0.2) is 4.79 Å². The molecule has 0 aromatic rings. The van der Waals surface area contributed by atoms with Crippen LogP contribution in [0.5, 0.6) is 0 Å². The molecule has 0 radical (unpaired) electrons. The number of nitrogens with zero attached hydrogens (tertiary/aromatic N) is 3. The topological polar surface area (TPSA) is 53.1 Å². The summed E-state index contributed by atoms with van der Waals surface area (Å²) in [6, 6.07) is 0.555. The van der Waals surface area contributed by atoms with E-state index in [9.17, 15) is 9.59 Å². The van der Waals surface area contributed by atoms with Gasteiger partial charge in [-0.1, -0.05) is 12.8 Å². The normalized spacial score (nSPS) is 32.2. The second kappa shape index (κ2) is 6.54. The molecule has 1 unspecified atom stereocenters. The van der Waals surface area contributed by atoms with Gasteiger partial charge in [0.25, 0.3) is 0 Å². The summed E-state index contributed by atoms with van der Waals surface area (Å²) in [5.41, 5.74) is -0.303. The lowest BCUT2D eigenvalue weighted by Crippen LogP contribution is -2.54. The summed E-state index contributed by atoms with van der Waals surface area (Å²) >= 11 is 0. The first-order valence-corrected chi connectivity index (χ1v) is 9.62. The van der Waals surface area contributed by atoms with E-state index < -0.39 is 0 Å². The minimum absolute atomic E-state index is 0.0981. The number of amides is 3. The number of urea groups is 1. The molecule has 1 atom stereocenters. The molecule has 0 aromatic carbocycles. The SMILES string of the molecule is O=C(N1CCOCC1)N1CCC2(CCCN(C3CCCC3)C2=O)C1. The highest BCUT2D eigenvalue weighted by atomic mass is 16.5. The molecule has 0 aromatic heterocycles. The van der Waals surface area contributed by atoms with E-state index in [4.69, 9.17) is 4.74 Å². The average Bonchev–Trinajstić information content (AvgIpc) is 3.29. The van der Waals surface area contributed by atoms with Gasteiger partial charge in [0.2, 0.25) is 5.91 Å². The van der Waals surface area contributed by atoms with Gasteiger partial charge in [-0.2, -0.15) is 0 Å². The number of carbonyl (C=O) groups is 2. The maximum Gasteiger partial charge on any atom is 0.320 e. The molecule has 3 saturated heterocycles. The van der Waals surface area contributed by atoms with Crippen molar-refractivity contribution in [3.63, 3.8) is 0 Å². The van der Waals surface area contributed by atoms with Gasteiger partial charge in [0.1, 0.15) is 0 Å². The lowest BCUT2D eigenvalue weighted by Gasteiger charge is -2.42. The van der Waals surface area contributed by atoms with Crippen LogP contribution in [0.15, 0.2) is 0 Å². The fourth-order valence-electron chi connectivity index (χ4n) is 5.03. The molecule has 0 bridgehead atoms. The summed E-state index contributed by atoms with van der Waals surface area (Å²) in [5.74, 6) is 0.331. The molecule has 1 aliphatic carbocycles. The van der Waals surface area contributed by atoms with E-state index in [1.165, 1.54) is 12.8 Å². The summed E-state index contributed by atoms with van der Waals surface area (Å²) < 4.78 is 5.34. The highest BCUT2D eigenvalue weighted by molar-refractivity contribution is 5.86.